The predicted molar refractivity (Wildman–Crippen MR) is 108 cm³/mol. The molecule has 0 aromatic heterocycles. The van der Waals surface area contributed by atoms with Crippen LogP contribution in [0.2, 0.25) is 0 Å². The lowest BCUT2D eigenvalue weighted by atomic mass is 9.89. The van der Waals surface area contributed by atoms with Gasteiger partial charge in [0, 0.05) is 0 Å². The lowest BCUT2D eigenvalue weighted by Gasteiger charge is -2.22. The van der Waals surface area contributed by atoms with Crippen molar-refractivity contribution < 1.29 is 9.47 Å². The summed E-state index contributed by atoms with van der Waals surface area (Å²) >= 11 is 5.45. The summed E-state index contributed by atoms with van der Waals surface area (Å²) in [4.78, 5) is 0. The molecule has 0 radical (unpaired) electrons. The molecule has 24 heavy (non-hydrogen) atoms. The van der Waals surface area contributed by atoms with Gasteiger partial charge in [0.25, 0.3) is 0 Å². The maximum absolute atomic E-state index is 5.71. The van der Waals surface area contributed by atoms with Crippen LogP contribution in [0.15, 0.2) is 0 Å². The second-order valence-electron chi connectivity index (χ2n) is 7.86. The highest BCUT2D eigenvalue weighted by molar-refractivity contribution is 7.80. The highest BCUT2D eigenvalue weighted by atomic mass is 32.1. The Hall–Kier alpha value is -0.150. The number of thiocarbonyl (C=S) groups is 1. The normalized spacial score (nSPS) is 21.0. The molecule has 1 rings (SSSR count). The summed E-state index contributed by atoms with van der Waals surface area (Å²) in [7, 11) is 0. The van der Waals surface area contributed by atoms with E-state index in [2.05, 4.69) is 13.8 Å². The van der Waals surface area contributed by atoms with Crippen molar-refractivity contribution in [2.24, 2.45) is 5.92 Å². The van der Waals surface area contributed by atoms with Crippen LogP contribution in [0.3, 0.4) is 0 Å². The third-order valence-corrected chi connectivity index (χ3v) is 5.62. The van der Waals surface area contributed by atoms with Crippen LogP contribution in [-0.4, -0.2) is 23.4 Å². The third kappa shape index (κ3) is 8.29. The van der Waals surface area contributed by atoms with E-state index in [1.165, 1.54) is 77.0 Å². The molecule has 142 valence electrons. The van der Waals surface area contributed by atoms with Crippen LogP contribution in [0.1, 0.15) is 105 Å². The van der Waals surface area contributed by atoms with Gasteiger partial charge in [-0.3, -0.25) is 0 Å². The summed E-state index contributed by atoms with van der Waals surface area (Å²) in [6, 6.07) is 0. The minimum Gasteiger partial charge on any atom is -0.481 e. The van der Waals surface area contributed by atoms with Crippen LogP contribution < -0.4 is 0 Å². The first-order chi connectivity index (χ1) is 11.5. The van der Waals surface area contributed by atoms with Crippen LogP contribution in [0.4, 0.5) is 0 Å². The number of hydrogen-bond acceptors (Lipinski definition) is 3. The third-order valence-electron chi connectivity index (χ3n) is 5.18. The summed E-state index contributed by atoms with van der Waals surface area (Å²) in [5.74, 6) is 0.474. The molecule has 2 atom stereocenters. The first kappa shape index (κ1) is 21.9. The Morgan fingerprint density at radius 2 is 1.38 bits per heavy atom. The molecule has 0 aromatic rings. The highest BCUT2D eigenvalue weighted by Crippen LogP contribution is 2.40. The van der Waals surface area contributed by atoms with E-state index in [1.54, 1.807) is 0 Å². The summed E-state index contributed by atoms with van der Waals surface area (Å²) in [6.07, 6.45) is 16.7. The zero-order valence-corrected chi connectivity index (χ0v) is 17.4. The topological polar surface area (TPSA) is 21.8 Å². The molecule has 1 fully saturated rings. The summed E-state index contributed by atoms with van der Waals surface area (Å²) in [5.41, 5.74) is -0.252. The zero-order valence-electron chi connectivity index (χ0n) is 16.6. The monoisotopic (exact) mass is 356 g/mol. The minimum absolute atomic E-state index is 0.146. The van der Waals surface area contributed by atoms with Crippen molar-refractivity contribution >= 4 is 17.3 Å². The zero-order chi connectivity index (χ0) is 17.8. The molecular formula is C21H40O2S. The molecule has 2 nitrogen and oxygen atoms in total. The fourth-order valence-electron chi connectivity index (χ4n) is 3.34. The van der Waals surface area contributed by atoms with Gasteiger partial charge in [-0.2, -0.15) is 0 Å². The Balaban J connectivity index is 1.98. The van der Waals surface area contributed by atoms with Crippen molar-refractivity contribution in [1.29, 1.82) is 0 Å². The molecule has 0 aliphatic carbocycles. The Morgan fingerprint density at radius 3 is 1.79 bits per heavy atom. The molecule has 0 amide bonds. The van der Waals surface area contributed by atoms with E-state index in [1.807, 2.05) is 13.8 Å². The molecule has 0 aromatic carbocycles. The van der Waals surface area contributed by atoms with E-state index in [0.29, 0.717) is 11.0 Å². The van der Waals surface area contributed by atoms with Crippen molar-refractivity contribution in [1.82, 2.24) is 0 Å². The lowest BCUT2D eigenvalue weighted by Crippen LogP contribution is -2.34. The number of epoxide rings is 1. The number of unbranched alkanes of at least 4 members (excludes halogenated alkanes) is 10. The van der Waals surface area contributed by atoms with Crippen LogP contribution in [0.5, 0.6) is 0 Å². The second kappa shape index (κ2) is 12.2. The van der Waals surface area contributed by atoms with Crippen molar-refractivity contribution in [2.45, 2.75) is 116 Å². The van der Waals surface area contributed by atoms with E-state index in [4.69, 9.17) is 21.7 Å². The molecule has 0 bridgehead atoms. The highest BCUT2D eigenvalue weighted by Gasteiger charge is 2.54. The fraction of sp³-hybridized carbons (Fsp3) is 0.952. The van der Waals surface area contributed by atoms with Crippen molar-refractivity contribution in [3.63, 3.8) is 0 Å². The van der Waals surface area contributed by atoms with Crippen LogP contribution in [0, 0.1) is 5.92 Å². The number of rotatable bonds is 15. The number of ether oxygens (including phenoxy) is 2. The maximum Gasteiger partial charge on any atom is 0.194 e. The lowest BCUT2D eigenvalue weighted by molar-refractivity contribution is 0.181. The summed E-state index contributed by atoms with van der Waals surface area (Å²) in [6.45, 7) is 9.34. The SMILES string of the molecule is CCCCCCCCCCCCCC(C)C1(C(=S)OC(C)C)CO1. The summed E-state index contributed by atoms with van der Waals surface area (Å²) in [5, 5.41) is 0.674. The standard InChI is InChI=1S/C21H40O2S/c1-5-6-7-8-9-10-11-12-13-14-15-16-19(4)21(17-22-21)20(24)23-18(2)3/h18-19H,5-17H2,1-4H3. The molecule has 1 heterocycles. The average molecular weight is 357 g/mol. The first-order valence-electron chi connectivity index (χ1n) is 10.4. The summed E-state index contributed by atoms with van der Waals surface area (Å²) < 4.78 is 11.4. The predicted octanol–water partition coefficient (Wildman–Crippen LogP) is 6.85. The Bertz CT molecular complexity index is 337. The molecule has 0 N–H and O–H groups in total. The molecule has 2 unspecified atom stereocenters. The fourth-order valence-corrected chi connectivity index (χ4v) is 3.85. The largest absolute Gasteiger partial charge is 0.481 e. The van der Waals surface area contributed by atoms with Gasteiger partial charge >= 0.3 is 0 Å². The first-order valence-corrected chi connectivity index (χ1v) is 10.8. The van der Waals surface area contributed by atoms with E-state index in [0.717, 1.165) is 6.61 Å². The molecule has 0 spiro atoms. The Kier molecular flexibility index (Phi) is 11.2. The van der Waals surface area contributed by atoms with E-state index in [-0.39, 0.29) is 11.7 Å². The second-order valence-corrected chi connectivity index (χ2v) is 8.23. The Morgan fingerprint density at radius 1 is 0.917 bits per heavy atom. The van der Waals surface area contributed by atoms with E-state index in [9.17, 15) is 0 Å². The van der Waals surface area contributed by atoms with Crippen LogP contribution in [-0.2, 0) is 9.47 Å². The smallest absolute Gasteiger partial charge is 0.194 e. The van der Waals surface area contributed by atoms with Gasteiger partial charge in [0.15, 0.2) is 10.7 Å². The van der Waals surface area contributed by atoms with Gasteiger partial charge in [-0.1, -0.05) is 84.5 Å². The van der Waals surface area contributed by atoms with Crippen molar-refractivity contribution in [3.8, 4) is 0 Å². The van der Waals surface area contributed by atoms with Crippen molar-refractivity contribution in [2.75, 3.05) is 6.61 Å². The molecule has 1 aliphatic rings. The Labute approximate surface area is 156 Å². The van der Waals surface area contributed by atoms with Gasteiger partial charge in [0.05, 0.1) is 12.7 Å². The molecule has 1 saturated heterocycles. The van der Waals surface area contributed by atoms with Gasteiger partial charge < -0.3 is 9.47 Å². The quantitative estimate of drug-likeness (QED) is 0.182. The van der Waals surface area contributed by atoms with Gasteiger partial charge in [-0.15, -0.1) is 0 Å². The van der Waals surface area contributed by atoms with Crippen LogP contribution in [0.25, 0.3) is 0 Å². The maximum atomic E-state index is 5.71. The molecular weight excluding hydrogens is 316 g/mol. The van der Waals surface area contributed by atoms with Gasteiger partial charge in [-0.25, -0.2) is 0 Å². The average Bonchev–Trinajstić information content (AvgIpc) is 3.33. The molecule has 3 heteroatoms. The van der Waals surface area contributed by atoms with E-state index < -0.39 is 0 Å². The van der Waals surface area contributed by atoms with Gasteiger partial charge in [0.2, 0.25) is 0 Å². The molecule has 0 saturated carbocycles. The van der Waals surface area contributed by atoms with Crippen molar-refractivity contribution in [3.05, 3.63) is 0 Å². The molecule has 1 aliphatic heterocycles. The number of hydrogen-bond donors (Lipinski definition) is 0. The van der Waals surface area contributed by atoms with Gasteiger partial charge in [-0.05, 0) is 38.4 Å². The van der Waals surface area contributed by atoms with Crippen LogP contribution >= 0.6 is 12.2 Å². The van der Waals surface area contributed by atoms with Gasteiger partial charge in [0.1, 0.15) is 0 Å². The van der Waals surface area contributed by atoms with E-state index >= 15 is 0 Å². The minimum atomic E-state index is -0.252.